The summed E-state index contributed by atoms with van der Waals surface area (Å²) in [6, 6.07) is 8.35. The summed E-state index contributed by atoms with van der Waals surface area (Å²) < 4.78 is 0. The smallest absolute Gasteiger partial charge is 0.315 e. The lowest BCUT2D eigenvalue weighted by Gasteiger charge is -2.23. The Hall–Kier alpha value is -1.88. The molecule has 0 unspecified atom stereocenters. The lowest BCUT2D eigenvalue weighted by Crippen LogP contribution is -2.42. The molecule has 1 aromatic carbocycles. The van der Waals surface area contributed by atoms with E-state index < -0.39 is 0 Å². The molecule has 1 aliphatic carbocycles. The lowest BCUT2D eigenvalue weighted by atomic mass is 9.96. The highest BCUT2D eigenvalue weighted by Crippen LogP contribution is 2.25. The van der Waals surface area contributed by atoms with Crippen LogP contribution in [0.15, 0.2) is 35.8 Å². The minimum absolute atomic E-state index is 0.0687. The van der Waals surface area contributed by atoms with Crippen molar-refractivity contribution in [1.82, 2.24) is 15.6 Å². The Labute approximate surface area is 135 Å². The summed E-state index contributed by atoms with van der Waals surface area (Å²) >= 11 is 1.61. The minimum atomic E-state index is -0.0687. The molecule has 3 rings (SSSR count). The SMILES string of the molecule is O=C(NCc1ccccc1-c1nccs1)NC1CCCCC1. The third-order valence-corrected chi connectivity index (χ3v) is 4.87. The number of thiazole rings is 1. The predicted molar refractivity (Wildman–Crippen MR) is 89.8 cm³/mol. The lowest BCUT2D eigenvalue weighted by molar-refractivity contribution is 0.232. The number of aromatic nitrogens is 1. The normalized spacial score (nSPS) is 15.5. The third kappa shape index (κ3) is 3.85. The molecule has 1 saturated carbocycles. The maximum atomic E-state index is 12.0. The topological polar surface area (TPSA) is 54.0 Å². The molecular formula is C17H21N3OS. The van der Waals surface area contributed by atoms with Gasteiger partial charge in [-0.05, 0) is 18.4 Å². The van der Waals surface area contributed by atoms with Gasteiger partial charge in [0, 0.05) is 29.7 Å². The number of benzene rings is 1. The number of hydrogen-bond acceptors (Lipinski definition) is 3. The number of nitrogens with zero attached hydrogens (tertiary/aromatic N) is 1. The minimum Gasteiger partial charge on any atom is -0.335 e. The van der Waals surface area contributed by atoms with Gasteiger partial charge in [0.25, 0.3) is 0 Å². The zero-order valence-corrected chi connectivity index (χ0v) is 13.4. The van der Waals surface area contributed by atoms with Crippen LogP contribution in [0.2, 0.25) is 0 Å². The highest BCUT2D eigenvalue weighted by atomic mass is 32.1. The van der Waals surface area contributed by atoms with Gasteiger partial charge in [-0.15, -0.1) is 11.3 Å². The summed E-state index contributed by atoms with van der Waals surface area (Å²) in [6.45, 7) is 0.522. The fraction of sp³-hybridized carbons (Fsp3) is 0.412. The van der Waals surface area contributed by atoms with Crippen molar-refractivity contribution in [2.24, 2.45) is 0 Å². The number of amides is 2. The first-order chi connectivity index (χ1) is 10.8. The van der Waals surface area contributed by atoms with Crippen LogP contribution in [0, 0.1) is 0 Å². The second-order valence-electron chi connectivity index (χ2n) is 5.66. The van der Waals surface area contributed by atoms with Gasteiger partial charge in [0.1, 0.15) is 5.01 Å². The van der Waals surface area contributed by atoms with Crippen LogP contribution < -0.4 is 10.6 Å². The van der Waals surface area contributed by atoms with E-state index in [0.717, 1.165) is 29.0 Å². The molecule has 116 valence electrons. The molecule has 0 saturated heterocycles. The van der Waals surface area contributed by atoms with E-state index in [0.29, 0.717) is 12.6 Å². The van der Waals surface area contributed by atoms with Crippen molar-refractivity contribution >= 4 is 17.4 Å². The first-order valence-electron chi connectivity index (χ1n) is 7.85. The van der Waals surface area contributed by atoms with Gasteiger partial charge in [-0.2, -0.15) is 0 Å². The van der Waals surface area contributed by atoms with Crippen molar-refractivity contribution in [1.29, 1.82) is 0 Å². The zero-order valence-electron chi connectivity index (χ0n) is 12.5. The van der Waals surface area contributed by atoms with Crippen LogP contribution in [-0.2, 0) is 6.54 Å². The largest absolute Gasteiger partial charge is 0.335 e. The highest BCUT2D eigenvalue weighted by molar-refractivity contribution is 7.13. The summed E-state index contributed by atoms with van der Waals surface area (Å²) in [5.41, 5.74) is 2.19. The van der Waals surface area contributed by atoms with Gasteiger partial charge in [-0.25, -0.2) is 9.78 Å². The molecule has 1 fully saturated rings. The Bertz CT molecular complexity index is 606. The summed E-state index contributed by atoms with van der Waals surface area (Å²) in [6.07, 6.45) is 7.74. The molecule has 2 aromatic rings. The molecule has 0 atom stereocenters. The number of carbonyl (C=O) groups is 1. The first kappa shape index (κ1) is 15.0. The van der Waals surface area contributed by atoms with Crippen LogP contribution >= 0.6 is 11.3 Å². The van der Waals surface area contributed by atoms with E-state index in [1.54, 1.807) is 17.5 Å². The highest BCUT2D eigenvalue weighted by Gasteiger charge is 2.15. The number of urea groups is 1. The quantitative estimate of drug-likeness (QED) is 0.898. The van der Waals surface area contributed by atoms with Gasteiger partial charge in [0.05, 0.1) is 0 Å². The van der Waals surface area contributed by atoms with Crippen molar-refractivity contribution in [3.63, 3.8) is 0 Å². The van der Waals surface area contributed by atoms with Crippen LogP contribution in [0.3, 0.4) is 0 Å². The van der Waals surface area contributed by atoms with Crippen LogP contribution in [0.5, 0.6) is 0 Å². The van der Waals surface area contributed by atoms with Crippen LogP contribution in [0.1, 0.15) is 37.7 Å². The van der Waals surface area contributed by atoms with Crippen LogP contribution in [0.4, 0.5) is 4.79 Å². The van der Waals surface area contributed by atoms with Crippen LogP contribution in [-0.4, -0.2) is 17.1 Å². The molecule has 4 nitrogen and oxygen atoms in total. The van der Waals surface area contributed by atoms with E-state index >= 15 is 0 Å². The maximum absolute atomic E-state index is 12.0. The second-order valence-corrected chi connectivity index (χ2v) is 6.55. The fourth-order valence-electron chi connectivity index (χ4n) is 2.90. The van der Waals surface area contributed by atoms with Gasteiger partial charge in [-0.3, -0.25) is 0 Å². The molecule has 0 radical (unpaired) electrons. The molecule has 2 N–H and O–H groups in total. The van der Waals surface area contributed by atoms with Crippen molar-refractivity contribution in [2.45, 2.75) is 44.7 Å². The van der Waals surface area contributed by atoms with Gasteiger partial charge < -0.3 is 10.6 Å². The molecule has 1 aromatic heterocycles. The Morgan fingerprint density at radius 1 is 1.23 bits per heavy atom. The molecule has 2 amide bonds. The molecule has 22 heavy (non-hydrogen) atoms. The Kier molecular flexibility index (Phi) is 5.06. The maximum Gasteiger partial charge on any atom is 0.315 e. The monoisotopic (exact) mass is 315 g/mol. The first-order valence-corrected chi connectivity index (χ1v) is 8.73. The molecule has 5 heteroatoms. The molecule has 0 bridgehead atoms. The zero-order chi connectivity index (χ0) is 15.2. The number of carbonyl (C=O) groups excluding carboxylic acids is 1. The van der Waals surface area contributed by atoms with E-state index in [-0.39, 0.29) is 6.03 Å². The Morgan fingerprint density at radius 2 is 2.05 bits per heavy atom. The average Bonchev–Trinajstić information content (AvgIpc) is 3.08. The van der Waals surface area contributed by atoms with Crippen molar-refractivity contribution in [2.75, 3.05) is 0 Å². The van der Waals surface area contributed by atoms with E-state index in [1.807, 2.05) is 23.6 Å². The van der Waals surface area contributed by atoms with E-state index in [4.69, 9.17) is 0 Å². The Morgan fingerprint density at radius 3 is 2.82 bits per heavy atom. The summed E-state index contributed by atoms with van der Waals surface area (Å²) in [5.74, 6) is 0. The van der Waals surface area contributed by atoms with Gasteiger partial charge in [-0.1, -0.05) is 43.5 Å². The average molecular weight is 315 g/mol. The van der Waals surface area contributed by atoms with Gasteiger partial charge in [0.15, 0.2) is 0 Å². The number of rotatable bonds is 4. The van der Waals surface area contributed by atoms with E-state index in [1.165, 1.54) is 19.3 Å². The molecular weight excluding hydrogens is 294 g/mol. The van der Waals surface area contributed by atoms with E-state index in [9.17, 15) is 4.79 Å². The summed E-state index contributed by atoms with van der Waals surface area (Å²) in [7, 11) is 0. The summed E-state index contributed by atoms with van der Waals surface area (Å²) in [4.78, 5) is 16.4. The van der Waals surface area contributed by atoms with E-state index in [2.05, 4.69) is 21.7 Å². The van der Waals surface area contributed by atoms with Gasteiger partial charge >= 0.3 is 6.03 Å². The third-order valence-electron chi connectivity index (χ3n) is 4.06. The molecule has 1 heterocycles. The Balaban J connectivity index is 1.58. The van der Waals surface area contributed by atoms with Crippen molar-refractivity contribution in [3.05, 3.63) is 41.4 Å². The molecule has 0 spiro atoms. The standard InChI is InChI=1S/C17H21N3OS/c21-17(20-14-7-2-1-3-8-14)19-12-13-6-4-5-9-15(13)16-18-10-11-22-16/h4-6,9-11,14H,1-3,7-8,12H2,(H2,19,20,21). The summed E-state index contributed by atoms with van der Waals surface area (Å²) in [5, 5.41) is 9.01. The van der Waals surface area contributed by atoms with Crippen molar-refractivity contribution < 1.29 is 4.79 Å². The molecule has 1 aliphatic rings. The number of hydrogen-bond donors (Lipinski definition) is 2. The van der Waals surface area contributed by atoms with Crippen LogP contribution in [0.25, 0.3) is 10.6 Å². The second kappa shape index (κ2) is 7.40. The predicted octanol–water partition coefficient (Wildman–Crippen LogP) is 3.94. The van der Waals surface area contributed by atoms with Gasteiger partial charge in [0.2, 0.25) is 0 Å². The van der Waals surface area contributed by atoms with Crippen molar-refractivity contribution in [3.8, 4) is 10.6 Å². The molecule has 0 aliphatic heterocycles. The number of nitrogens with one attached hydrogen (secondary N) is 2. The fourth-order valence-corrected chi connectivity index (χ4v) is 3.60.